The van der Waals surface area contributed by atoms with E-state index in [9.17, 15) is 4.79 Å². The minimum atomic E-state index is -0.343. The average Bonchev–Trinajstić information content (AvgIpc) is 2.91. The van der Waals surface area contributed by atoms with Crippen LogP contribution in [0.1, 0.15) is 31.1 Å². The SMILES string of the molecule is CC(C)c1cc(Br)ccc1OCC(=O)N/N=C/c1ccc(Br)o1. The molecule has 122 valence electrons. The maximum atomic E-state index is 11.8. The molecule has 2 aromatic rings. The van der Waals surface area contributed by atoms with Crippen molar-refractivity contribution in [2.75, 3.05) is 6.61 Å². The molecule has 0 spiro atoms. The fourth-order valence-corrected chi connectivity index (χ4v) is 2.54. The first-order valence-electron chi connectivity index (χ1n) is 6.95. The van der Waals surface area contributed by atoms with Crippen LogP contribution in [0.25, 0.3) is 0 Å². The lowest BCUT2D eigenvalue weighted by atomic mass is 10.0. The molecule has 7 heteroatoms. The van der Waals surface area contributed by atoms with Gasteiger partial charge >= 0.3 is 0 Å². The third-order valence-corrected chi connectivity index (χ3v) is 3.85. The maximum Gasteiger partial charge on any atom is 0.277 e. The van der Waals surface area contributed by atoms with Gasteiger partial charge in [-0.3, -0.25) is 4.79 Å². The number of amides is 1. The van der Waals surface area contributed by atoms with Gasteiger partial charge in [0.1, 0.15) is 11.5 Å². The van der Waals surface area contributed by atoms with Crippen molar-refractivity contribution < 1.29 is 13.9 Å². The quantitative estimate of drug-likeness (QED) is 0.529. The molecule has 0 atom stereocenters. The van der Waals surface area contributed by atoms with E-state index in [-0.39, 0.29) is 12.5 Å². The number of hydrogen-bond acceptors (Lipinski definition) is 4. The number of hydrazone groups is 1. The van der Waals surface area contributed by atoms with E-state index in [1.165, 1.54) is 6.21 Å². The summed E-state index contributed by atoms with van der Waals surface area (Å²) in [4.78, 5) is 11.8. The Bertz CT molecular complexity index is 711. The van der Waals surface area contributed by atoms with E-state index in [1.807, 2.05) is 18.2 Å². The molecule has 0 aliphatic rings. The molecule has 0 saturated heterocycles. The van der Waals surface area contributed by atoms with Crippen molar-refractivity contribution in [3.05, 3.63) is 50.8 Å². The predicted octanol–water partition coefficient (Wildman–Crippen LogP) is 4.46. The molecule has 0 aliphatic carbocycles. The van der Waals surface area contributed by atoms with Crippen LogP contribution in [-0.4, -0.2) is 18.7 Å². The number of halogens is 2. The van der Waals surface area contributed by atoms with Crippen molar-refractivity contribution in [2.45, 2.75) is 19.8 Å². The van der Waals surface area contributed by atoms with Crippen molar-refractivity contribution >= 4 is 44.0 Å². The molecular weight excluding hydrogens is 428 g/mol. The highest BCUT2D eigenvalue weighted by Gasteiger charge is 2.10. The second kappa shape index (κ2) is 8.31. The fourth-order valence-electron chi connectivity index (χ4n) is 1.84. The van der Waals surface area contributed by atoms with Crippen LogP contribution in [0, 0.1) is 0 Å². The summed E-state index contributed by atoms with van der Waals surface area (Å²) in [6.07, 6.45) is 1.42. The largest absolute Gasteiger partial charge is 0.483 e. The second-order valence-corrected chi connectivity index (χ2v) is 6.76. The number of nitrogens with one attached hydrogen (secondary N) is 1. The van der Waals surface area contributed by atoms with Gasteiger partial charge in [0.25, 0.3) is 5.91 Å². The lowest BCUT2D eigenvalue weighted by Gasteiger charge is -2.13. The number of carbonyl (C=O) groups excluding carboxylic acids is 1. The average molecular weight is 444 g/mol. The molecule has 23 heavy (non-hydrogen) atoms. The van der Waals surface area contributed by atoms with Gasteiger partial charge in [-0.1, -0.05) is 29.8 Å². The molecule has 5 nitrogen and oxygen atoms in total. The van der Waals surface area contributed by atoms with Gasteiger partial charge in [0.05, 0.1) is 6.21 Å². The highest BCUT2D eigenvalue weighted by molar-refractivity contribution is 9.10. The lowest BCUT2D eigenvalue weighted by molar-refractivity contribution is -0.123. The Labute approximate surface area is 151 Å². The van der Waals surface area contributed by atoms with Crippen LogP contribution < -0.4 is 10.2 Å². The smallest absolute Gasteiger partial charge is 0.277 e. The van der Waals surface area contributed by atoms with Crippen molar-refractivity contribution in [3.8, 4) is 5.75 Å². The first kappa shape index (κ1) is 17.7. The molecule has 1 N–H and O–H groups in total. The van der Waals surface area contributed by atoms with E-state index >= 15 is 0 Å². The van der Waals surface area contributed by atoms with Crippen LogP contribution in [0.15, 0.2) is 49.0 Å². The standard InChI is InChI=1S/C16H16Br2N2O3/c1-10(2)13-7-11(17)3-5-14(13)22-9-16(21)20-19-8-12-4-6-15(18)23-12/h3-8,10H,9H2,1-2H3,(H,20,21)/b19-8+. The van der Waals surface area contributed by atoms with Gasteiger partial charge in [-0.15, -0.1) is 0 Å². The van der Waals surface area contributed by atoms with Crippen molar-refractivity contribution in [1.29, 1.82) is 0 Å². The number of hydrogen-bond donors (Lipinski definition) is 1. The number of furan rings is 1. The minimum Gasteiger partial charge on any atom is -0.483 e. The first-order chi connectivity index (χ1) is 11.0. The Morgan fingerprint density at radius 2 is 2.13 bits per heavy atom. The molecule has 0 saturated carbocycles. The Morgan fingerprint density at radius 1 is 1.35 bits per heavy atom. The van der Waals surface area contributed by atoms with E-state index in [4.69, 9.17) is 9.15 Å². The van der Waals surface area contributed by atoms with Crippen molar-refractivity contribution in [3.63, 3.8) is 0 Å². The van der Waals surface area contributed by atoms with E-state index in [0.717, 1.165) is 10.0 Å². The highest BCUT2D eigenvalue weighted by atomic mass is 79.9. The van der Waals surface area contributed by atoms with Gasteiger partial charge < -0.3 is 9.15 Å². The summed E-state index contributed by atoms with van der Waals surface area (Å²) in [5.41, 5.74) is 3.43. The van der Waals surface area contributed by atoms with E-state index in [1.54, 1.807) is 12.1 Å². The maximum absolute atomic E-state index is 11.8. The van der Waals surface area contributed by atoms with Gasteiger partial charge in [0.2, 0.25) is 0 Å². The topological polar surface area (TPSA) is 63.8 Å². The molecule has 0 bridgehead atoms. The number of ether oxygens (including phenoxy) is 1. The van der Waals surface area contributed by atoms with Gasteiger partial charge in [-0.25, -0.2) is 5.43 Å². The zero-order valence-corrected chi connectivity index (χ0v) is 15.8. The molecule has 0 unspecified atom stereocenters. The Hall–Kier alpha value is -1.60. The van der Waals surface area contributed by atoms with Crippen LogP contribution in [0.5, 0.6) is 5.75 Å². The summed E-state index contributed by atoms with van der Waals surface area (Å²) in [6.45, 7) is 4.03. The van der Waals surface area contributed by atoms with Crippen molar-refractivity contribution in [2.24, 2.45) is 5.10 Å². The van der Waals surface area contributed by atoms with E-state index in [0.29, 0.717) is 22.1 Å². The van der Waals surface area contributed by atoms with Gasteiger partial charge in [0, 0.05) is 4.47 Å². The summed E-state index contributed by atoms with van der Waals surface area (Å²) < 4.78 is 12.4. The Balaban J connectivity index is 1.88. The predicted molar refractivity (Wildman–Crippen MR) is 95.9 cm³/mol. The number of benzene rings is 1. The lowest BCUT2D eigenvalue weighted by Crippen LogP contribution is -2.24. The number of nitrogens with zero attached hydrogens (tertiary/aromatic N) is 1. The molecule has 1 heterocycles. The molecule has 1 amide bonds. The van der Waals surface area contributed by atoms with Crippen LogP contribution in [0.4, 0.5) is 0 Å². The monoisotopic (exact) mass is 442 g/mol. The summed E-state index contributed by atoms with van der Waals surface area (Å²) in [6, 6.07) is 9.19. The van der Waals surface area contributed by atoms with Gasteiger partial charge in [-0.2, -0.15) is 5.10 Å². The normalized spacial score (nSPS) is 11.2. The van der Waals surface area contributed by atoms with Crippen LogP contribution >= 0.6 is 31.9 Å². The summed E-state index contributed by atoms with van der Waals surface area (Å²) >= 11 is 6.62. The molecule has 1 aromatic carbocycles. The summed E-state index contributed by atoms with van der Waals surface area (Å²) in [7, 11) is 0. The van der Waals surface area contributed by atoms with Crippen molar-refractivity contribution in [1.82, 2.24) is 5.43 Å². The molecule has 0 aliphatic heterocycles. The second-order valence-electron chi connectivity index (χ2n) is 5.06. The van der Waals surface area contributed by atoms with Gasteiger partial charge in [0.15, 0.2) is 11.3 Å². The van der Waals surface area contributed by atoms with E-state index < -0.39 is 0 Å². The van der Waals surface area contributed by atoms with Crippen LogP contribution in [0.3, 0.4) is 0 Å². The number of carbonyl (C=O) groups is 1. The third kappa shape index (κ3) is 5.51. The first-order valence-corrected chi connectivity index (χ1v) is 8.54. The molecular formula is C16H16Br2N2O3. The molecule has 0 radical (unpaired) electrons. The summed E-state index contributed by atoms with van der Waals surface area (Å²) in [5, 5.41) is 3.81. The molecule has 0 fully saturated rings. The van der Waals surface area contributed by atoms with E-state index in [2.05, 4.69) is 56.2 Å². The number of rotatable bonds is 6. The zero-order chi connectivity index (χ0) is 16.8. The Morgan fingerprint density at radius 3 is 2.78 bits per heavy atom. The summed E-state index contributed by atoms with van der Waals surface area (Å²) in [5.74, 6) is 1.18. The molecule has 1 aromatic heterocycles. The Kier molecular flexibility index (Phi) is 6.41. The van der Waals surface area contributed by atoms with Crippen LogP contribution in [-0.2, 0) is 4.79 Å². The van der Waals surface area contributed by atoms with Gasteiger partial charge in [-0.05, 0) is 57.7 Å². The fraction of sp³-hybridized carbons (Fsp3) is 0.250. The molecule has 2 rings (SSSR count). The third-order valence-electron chi connectivity index (χ3n) is 2.93. The zero-order valence-electron chi connectivity index (χ0n) is 12.7. The van der Waals surface area contributed by atoms with Crippen LogP contribution in [0.2, 0.25) is 0 Å². The minimum absolute atomic E-state index is 0.111. The highest BCUT2D eigenvalue weighted by Crippen LogP contribution is 2.29.